The lowest BCUT2D eigenvalue weighted by atomic mass is 9.99. The van der Waals surface area contributed by atoms with Gasteiger partial charge in [-0.05, 0) is 36.6 Å². The number of anilines is 1. The van der Waals surface area contributed by atoms with Gasteiger partial charge in [-0.3, -0.25) is 4.90 Å². The first-order valence-corrected chi connectivity index (χ1v) is 6.61. The van der Waals surface area contributed by atoms with Crippen molar-refractivity contribution in [2.75, 3.05) is 18.0 Å². The van der Waals surface area contributed by atoms with E-state index in [1.165, 1.54) is 6.07 Å². The van der Waals surface area contributed by atoms with Crippen LogP contribution in [0.3, 0.4) is 0 Å². The van der Waals surface area contributed by atoms with E-state index in [4.69, 9.17) is 16.7 Å². The van der Waals surface area contributed by atoms with Crippen LogP contribution in [0.5, 0.6) is 0 Å². The zero-order chi connectivity index (χ0) is 14.7. The van der Waals surface area contributed by atoms with Gasteiger partial charge < -0.3 is 10.4 Å². The maximum Gasteiger partial charge on any atom is 0.335 e. The monoisotopic (exact) mass is 294 g/mol. The maximum atomic E-state index is 12.1. The number of benzene rings is 1. The van der Waals surface area contributed by atoms with Crippen LogP contribution in [-0.4, -0.2) is 30.2 Å². The number of carboxylic acid groups (broad SMARTS) is 1. The van der Waals surface area contributed by atoms with Crippen molar-refractivity contribution < 1.29 is 14.7 Å². The minimum absolute atomic E-state index is 0.208. The van der Waals surface area contributed by atoms with Crippen LogP contribution in [0.1, 0.15) is 22.3 Å². The van der Waals surface area contributed by atoms with Crippen LogP contribution in [0.4, 0.5) is 10.5 Å². The molecule has 5 nitrogen and oxygen atoms in total. The summed E-state index contributed by atoms with van der Waals surface area (Å²) in [6.45, 7) is 4.32. The van der Waals surface area contributed by atoms with Crippen molar-refractivity contribution in [2.45, 2.75) is 12.8 Å². The van der Waals surface area contributed by atoms with Crippen molar-refractivity contribution >= 4 is 29.3 Å². The molecule has 0 fully saturated rings. The van der Waals surface area contributed by atoms with Gasteiger partial charge in [-0.1, -0.05) is 18.2 Å². The van der Waals surface area contributed by atoms with E-state index in [9.17, 15) is 9.59 Å². The smallest absolute Gasteiger partial charge is 0.335 e. The first-order chi connectivity index (χ1) is 9.49. The third-order valence-corrected chi connectivity index (χ3v) is 3.26. The molecule has 0 bridgehead atoms. The van der Waals surface area contributed by atoms with Gasteiger partial charge in [0.05, 0.1) is 12.1 Å². The number of carboxylic acids is 1. The van der Waals surface area contributed by atoms with E-state index in [0.29, 0.717) is 11.6 Å². The van der Waals surface area contributed by atoms with Crippen molar-refractivity contribution in [3.63, 3.8) is 0 Å². The number of halogens is 1. The first-order valence-electron chi connectivity index (χ1n) is 6.24. The van der Waals surface area contributed by atoms with Crippen LogP contribution in [0.2, 0.25) is 0 Å². The van der Waals surface area contributed by atoms with Crippen LogP contribution in [-0.2, 0) is 6.42 Å². The number of nitrogens with one attached hydrogen (secondary N) is 1. The summed E-state index contributed by atoms with van der Waals surface area (Å²) in [6, 6.07) is 4.55. The lowest BCUT2D eigenvalue weighted by molar-refractivity contribution is 0.0696. The number of carbonyl (C=O) groups is 2. The van der Waals surface area contributed by atoms with E-state index in [1.54, 1.807) is 17.0 Å². The van der Waals surface area contributed by atoms with Crippen molar-refractivity contribution in [1.29, 1.82) is 0 Å². The number of hydrogen-bond donors (Lipinski definition) is 2. The zero-order valence-corrected chi connectivity index (χ0v) is 11.6. The number of amides is 2. The lowest BCUT2D eigenvalue weighted by Gasteiger charge is -2.29. The molecule has 0 aliphatic carbocycles. The Hall–Kier alpha value is -2.01. The number of hydrogen-bond acceptors (Lipinski definition) is 2. The largest absolute Gasteiger partial charge is 0.478 e. The molecular weight excluding hydrogens is 280 g/mol. The SMILES string of the molecule is C=C(Cl)CNC(=O)N1CCCc2cc(C(=O)O)ccc21. The number of fused-ring (bicyclic) bond motifs is 1. The van der Waals surface area contributed by atoms with Crippen LogP contribution in [0, 0.1) is 0 Å². The molecule has 1 heterocycles. The molecule has 2 N–H and O–H groups in total. The topological polar surface area (TPSA) is 69.6 Å². The second-order valence-corrected chi connectivity index (χ2v) is 5.11. The van der Waals surface area contributed by atoms with Gasteiger partial charge in [-0.25, -0.2) is 9.59 Å². The molecule has 0 atom stereocenters. The highest BCUT2D eigenvalue weighted by Crippen LogP contribution is 2.28. The highest BCUT2D eigenvalue weighted by atomic mass is 35.5. The van der Waals surface area contributed by atoms with E-state index in [-0.39, 0.29) is 18.1 Å². The molecule has 1 aromatic rings. The lowest BCUT2D eigenvalue weighted by Crippen LogP contribution is -2.43. The molecule has 0 radical (unpaired) electrons. The standard InChI is InChI=1S/C14H15ClN2O3/c1-9(15)8-16-14(20)17-6-2-3-10-7-11(13(18)19)4-5-12(10)17/h4-5,7H,1-3,6,8H2,(H,16,20)(H,18,19). The number of carbonyl (C=O) groups excluding carboxylic acids is 1. The second-order valence-electron chi connectivity index (χ2n) is 4.58. The molecule has 106 valence electrons. The minimum Gasteiger partial charge on any atom is -0.478 e. The highest BCUT2D eigenvalue weighted by Gasteiger charge is 2.23. The van der Waals surface area contributed by atoms with Crippen LogP contribution >= 0.6 is 11.6 Å². The zero-order valence-electron chi connectivity index (χ0n) is 10.9. The number of rotatable bonds is 3. The van der Waals surface area contributed by atoms with Gasteiger partial charge in [0, 0.05) is 17.3 Å². The van der Waals surface area contributed by atoms with Gasteiger partial charge in [-0.15, -0.1) is 0 Å². The van der Waals surface area contributed by atoms with E-state index < -0.39 is 5.97 Å². The Kier molecular flexibility index (Phi) is 4.29. The molecule has 0 aromatic heterocycles. The summed E-state index contributed by atoms with van der Waals surface area (Å²) in [5.74, 6) is -0.965. The average molecular weight is 295 g/mol. The number of aromatic carboxylic acids is 1. The van der Waals surface area contributed by atoms with Crippen LogP contribution in [0.25, 0.3) is 0 Å². The minimum atomic E-state index is -0.965. The number of nitrogens with zero attached hydrogens (tertiary/aromatic N) is 1. The molecule has 0 saturated heterocycles. The van der Waals surface area contributed by atoms with E-state index in [0.717, 1.165) is 24.1 Å². The summed E-state index contributed by atoms with van der Waals surface area (Å²) < 4.78 is 0. The van der Waals surface area contributed by atoms with Crippen molar-refractivity contribution in [3.05, 3.63) is 40.9 Å². The van der Waals surface area contributed by atoms with Gasteiger partial charge in [0.15, 0.2) is 0 Å². The summed E-state index contributed by atoms with van der Waals surface area (Å²) in [5, 5.41) is 12.0. The molecule has 20 heavy (non-hydrogen) atoms. The summed E-state index contributed by atoms with van der Waals surface area (Å²) in [6.07, 6.45) is 1.56. The molecule has 2 rings (SSSR count). The fraction of sp³-hybridized carbons (Fsp3) is 0.286. The molecule has 6 heteroatoms. The highest BCUT2D eigenvalue weighted by molar-refractivity contribution is 6.29. The fourth-order valence-corrected chi connectivity index (χ4v) is 2.27. The van der Waals surface area contributed by atoms with E-state index >= 15 is 0 Å². The third-order valence-electron chi connectivity index (χ3n) is 3.12. The number of aryl methyl sites for hydroxylation is 1. The molecule has 2 amide bonds. The predicted octanol–water partition coefficient (Wildman–Crippen LogP) is 2.60. The Labute approximate surface area is 121 Å². The quantitative estimate of drug-likeness (QED) is 0.900. The van der Waals surface area contributed by atoms with Crippen LogP contribution in [0.15, 0.2) is 29.8 Å². The number of urea groups is 1. The summed E-state index contributed by atoms with van der Waals surface area (Å²) in [7, 11) is 0. The van der Waals surface area contributed by atoms with Gasteiger partial charge in [-0.2, -0.15) is 0 Å². The molecular formula is C14H15ClN2O3. The van der Waals surface area contributed by atoms with Gasteiger partial charge in [0.2, 0.25) is 0 Å². The van der Waals surface area contributed by atoms with Crippen molar-refractivity contribution in [3.8, 4) is 0 Å². The molecule has 0 unspecified atom stereocenters. The Bertz CT molecular complexity index is 572. The Morgan fingerprint density at radius 1 is 1.45 bits per heavy atom. The first kappa shape index (κ1) is 14.4. The van der Waals surface area contributed by atoms with E-state index in [2.05, 4.69) is 11.9 Å². The summed E-state index contributed by atoms with van der Waals surface area (Å²) >= 11 is 5.62. The molecule has 1 aromatic carbocycles. The Morgan fingerprint density at radius 2 is 2.20 bits per heavy atom. The predicted molar refractivity (Wildman–Crippen MR) is 77.5 cm³/mol. The summed E-state index contributed by atoms with van der Waals surface area (Å²) in [4.78, 5) is 24.6. The Balaban J connectivity index is 2.22. The maximum absolute atomic E-state index is 12.1. The Morgan fingerprint density at radius 3 is 2.85 bits per heavy atom. The second kappa shape index (κ2) is 5.96. The van der Waals surface area contributed by atoms with Gasteiger partial charge in [0.1, 0.15) is 0 Å². The normalized spacial score (nSPS) is 13.6. The van der Waals surface area contributed by atoms with Gasteiger partial charge >= 0.3 is 12.0 Å². The van der Waals surface area contributed by atoms with Gasteiger partial charge in [0.25, 0.3) is 0 Å². The summed E-state index contributed by atoms with van der Waals surface area (Å²) in [5.41, 5.74) is 1.86. The fourth-order valence-electron chi connectivity index (χ4n) is 2.21. The third kappa shape index (κ3) is 3.11. The van der Waals surface area contributed by atoms with Crippen molar-refractivity contribution in [1.82, 2.24) is 5.32 Å². The molecule has 0 spiro atoms. The van der Waals surface area contributed by atoms with Crippen molar-refractivity contribution in [2.24, 2.45) is 0 Å². The van der Waals surface area contributed by atoms with E-state index in [1.807, 2.05) is 0 Å². The molecule has 0 saturated carbocycles. The van der Waals surface area contributed by atoms with Crippen LogP contribution < -0.4 is 10.2 Å². The molecule has 1 aliphatic rings. The molecule has 1 aliphatic heterocycles. The average Bonchev–Trinajstić information content (AvgIpc) is 2.43.